The van der Waals surface area contributed by atoms with Crippen LogP contribution in [0.1, 0.15) is 5.56 Å². The van der Waals surface area contributed by atoms with Crippen molar-refractivity contribution >= 4 is 11.5 Å². The summed E-state index contributed by atoms with van der Waals surface area (Å²) in [5.41, 5.74) is 6.97. The highest BCUT2D eigenvalue weighted by Crippen LogP contribution is 2.24. The minimum atomic E-state index is -2.73. The van der Waals surface area contributed by atoms with E-state index < -0.39 is 5.92 Å². The third kappa shape index (κ3) is 2.82. The lowest BCUT2D eigenvalue weighted by Crippen LogP contribution is -2.39. The van der Waals surface area contributed by atoms with E-state index in [9.17, 15) is 8.78 Å². The van der Waals surface area contributed by atoms with Gasteiger partial charge in [0, 0.05) is 13.1 Å². The maximum absolute atomic E-state index is 13.5. The Bertz CT molecular complexity index is 408. The van der Waals surface area contributed by atoms with Crippen molar-refractivity contribution in [3.05, 3.63) is 17.8 Å². The second-order valence-electron chi connectivity index (χ2n) is 4.36. The van der Waals surface area contributed by atoms with E-state index in [0.29, 0.717) is 24.6 Å². The first-order valence-corrected chi connectivity index (χ1v) is 5.53. The molecule has 0 saturated carbocycles. The van der Waals surface area contributed by atoms with Crippen molar-refractivity contribution in [3.8, 4) is 0 Å². The summed E-state index contributed by atoms with van der Waals surface area (Å²) in [6.45, 7) is 2.29. The van der Waals surface area contributed by atoms with Crippen LogP contribution < -0.4 is 16.0 Å². The van der Waals surface area contributed by atoms with Crippen LogP contribution in [0.4, 0.5) is 20.3 Å². The van der Waals surface area contributed by atoms with E-state index in [0.717, 1.165) is 5.56 Å². The van der Waals surface area contributed by atoms with E-state index in [-0.39, 0.29) is 13.1 Å². The molecule has 0 unspecified atom stereocenters. The molecule has 2 heterocycles. The summed E-state index contributed by atoms with van der Waals surface area (Å²) in [5, 5.41) is 2.72. The van der Waals surface area contributed by atoms with Crippen molar-refractivity contribution in [1.82, 2.24) is 10.3 Å². The van der Waals surface area contributed by atoms with E-state index in [1.807, 2.05) is 6.92 Å². The molecule has 0 bridgehead atoms. The van der Waals surface area contributed by atoms with Crippen molar-refractivity contribution in [2.75, 3.05) is 36.8 Å². The van der Waals surface area contributed by atoms with Crippen molar-refractivity contribution in [1.29, 1.82) is 0 Å². The van der Waals surface area contributed by atoms with Crippen LogP contribution in [-0.2, 0) is 0 Å². The molecule has 0 aromatic carbocycles. The first kappa shape index (κ1) is 12.0. The van der Waals surface area contributed by atoms with Crippen LogP contribution in [0.5, 0.6) is 0 Å². The van der Waals surface area contributed by atoms with E-state index >= 15 is 0 Å². The average molecular weight is 242 g/mol. The Balaban J connectivity index is 2.25. The number of nitrogens with two attached hydrogens (primary N) is 1. The number of rotatable bonds is 1. The molecule has 0 spiro atoms. The Labute approximate surface area is 98.8 Å². The number of hydrogen-bond acceptors (Lipinski definition) is 4. The highest BCUT2D eigenvalue weighted by molar-refractivity contribution is 5.53. The number of pyridine rings is 1. The minimum absolute atomic E-state index is 0.280. The van der Waals surface area contributed by atoms with E-state index in [2.05, 4.69) is 10.3 Å². The average Bonchev–Trinajstić information content (AvgIpc) is 2.39. The molecule has 6 heteroatoms. The van der Waals surface area contributed by atoms with Crippen LogP contribution in [-0.4, -0.2) is 37.1 Å². The van der Waals surface area contributed by atoms with Gasteiger partial charge in [-0.1, -0.05) is 0 Å². The van der Waals surface area contributed by atoms with Gasteiger partial charge in [0.25, 0.3) is 5.92 Å². The lowest BCUT2D eigenvalue weighted by molar-refractivity contribution is 0.0156. The van der Waals surface area contributed by atoms with Gasteiger partial charge in [0.05, 0.1) is 25.0 Å². The zero-order valence-corrected chi connectivity index (χ0v) is 9.71. The van der Waals surface area contributed by atoms with Crippen LogP contribution >= 0.6 is 0 Å². The molecular formula is C11H16F2N4. The van der Waals surface area contributed by atoms with Crippen molar-refractivity contribution in [2.24, 2.45) is 0 Å². The Hall–Kier alpha value is -1.43. The highest BCUT2D eigenvalue weighted by atomic mass is 19.3. The minimum Gasteiger partial charge on any atom is -0.397 e. The van der Waals surface area contributed by atoms with Gasteiger partial charge in [0.1, 0.15) is 5.82 Å². The molecule has 1 aromatic heterocycles. The van der Waals surface area contributed by atoms with Gasteiger partial charge in [0.15, 0.2) is 0 Å². The molecule has 17 heavy (non-hydrogen) atoms. The van der Waals surface area contributed by atoms with Gasteiger partial charge < -0.3 is 16.0 Å². The predicted molar refractivity (Wildman–Crippen MR) is 63.4 cm³/mol. The summed E-state index contributed by atoms with van der Waals surface area (Å²) >= 11 is 0. The van der Waals surface area contributed by atoms with Crippen LogP contribution in [0.2, 0.25) is 0 Å². The summed E-state index contributed by atoms with van der Waals surface area (Å²) in [4.78, 5) is 5.75. The number of hydrogen-bond donors (Lipinski definition) is 2. The number of halogens is 2. The lowest BCUT2D eigenvalue weighted by atomic mass is 10.2. The normalized spacial score (nSPS) is 20.1. The van der Waals surface area contributed by atoms with Crippen molar-refractivity contribution < 1.29 is 8.78 Å². The maximum atomic E-state index is 13.5. The van der Waals surface area contributed by atoms with Crippen LogP contribution in [0, 0.1) is 6.92 Å². The number of aromatic nitrogens is 1. The summed E-state index contributed by atoms with van der Waals surface area (Å²) in [6, 6.07) is 1.75. The molecule has 0 aliphatic carbocycles. The number of aryl methyl sites for hydroxylation is 1. The third-order valence-corrected chi connectivity index (χ3v) is 2.74. The standard InChI is InChI=1S/C11H16F2N4/c1-8-4-9(14)5-16-10(8)17-3-2-15-6-11(12,13)7-17/h4-5,15H,2-3,6-7,14H2,1H3. The fourth-order valence-corrected chi connectivity index (χ4v) is 2.00. The molecule has 1 aliphatic rings. The maximum Gasteiger partial charge on any atom is 0.277 e. The van der Waals surface area contributed by atoms with Crippen LogP contribution in [0.25, 0.3) is 0 Å². The van der Waals surface area contributed by atoms with Crippen LogP contribution in [0.3, 0.4) is 0 Å². The fraction of sp³-hybridized carbons (Fsp3) is 0.545. The molecule has 1 aliphatic heterocycles. The predicted octanol–water partition coefficient (Wildman–Crippen LogP) is 1.02. The molecule has 1 saturated heterocycles. The van der Waals surface area contributed by atoms with Gasteiger partial charge in [-0.3, -0.25) is 0 Å². The summed E-state index contributed by atoms with van der Waals surface area (Å²) in [6.07, 6.45) is 1.50. The Morgan fingerprint density at radius 2 is 2.29 bits per heavy atom. The van der Waals surface area contributed by atoms with E-state index in [1.54, 1.807) is 11.0 Å². The largest absolute Gasteiger partial charge is 0.397 e. The number of nitrogens with zero attached hydrogens (tertiary/aromatic N) is 2. The monoisotopic (exact) mass is 242 g/mol. The van der Waals surface area contributed by atoms with Gasteiger partial charge in [0.2, 0.25) is 0 Å². The quantitative estimate of drug-likeness (QED) is 0.772. The summed E-state index contributed by atoms with van der Waals surface area (Å²) < 4.78 is 26.9. The second-order valence-corrected chi connectivity index (χ2v) is 4.36. The van der Waals surface area contributed by atoms with E-state index in [4.69, 9.17) is 5.73 Å². The number of nitrogens with one attached hydrogen (secondary N) is 1. The number of alkyl halides is 2. The first-order valence-electron chi connectivity index (χ1n) is 5.53. The van der Waals surface area contributed by atoms with Crippen molar-refractivity contribution in [3.63, 3.8) is 0 Å². The fourth-order valence-electron chi connectivity index (χ4n) is 2.00. The number of anilines is 2. The smallest absolute Gasteiger partial charge is 0.277 e. The second kappa shape index (κ2) is 4.44. The first-order chi connectivity index (χ1) is 7.98. The molecule has 2 rings (SSSR count). The molecule has 94 valence electrons. The topological polar surface area (TPSA) is 54.2 Å². The Morgan fingerprint density at radius 3 is 3.00 bits per heavy atom. The summed E-state index contributed by atoms with van der Waals surface area (Å²) in [5.74, 6) is -2.14. The number of nitrogen functional groups attached to an aromatic ring is 1. The third-order valence-electron chi connectivity index (χ3n) is 2.74. The van der Waals surface area contributed by atoms with Gasteiger partial charge in [-0.25, -0.2) is 13.8 Å². The SMILES string of the molecule is Cc1cc(N)cnc1N1CCNCC(F)(F)C1. The molecule has 0 atom stereocenters. The van der Waals surface area contributed by atoms with Crippen LogP contribution in [0.15, 0.2) is 12.3 Å². The lowest BCUT2D eigenvalue weighted by Gasteiger charge is -2.26. The van der Waals surface area contributed by atoms with Gasteiger partial charge in [-0.2, -0.15) is 0 Å². The highest BCUT2D eigenvalue weighted by Gasteiger charge is 2.34. The molecule has 0 amide bonds. The van der Waals surface area contributed by atoms with E-state index in [1.165, 1.54) is 6.20 Å². The van der Waals surface area contributed by atoms with Gasteiger partial charge in [-0.15, -0.1) is 0 Å². The Kier molecular flexibility index (Phi) is 3.15. The zero-order valence-electron chi connectivity index (χ0n) is 9.71. The zero-order chi connectivity index (χ0) is 12.5. The Morgan fingerprint density at radius 1 is 1.53 bits per heavy atom. The summed E-state index contributed by atoms with van der Waals surface area (Å²) in [7, 11) is 0. The van der Waals surface area contributed by atoms with Gasteiger partial charge in [-0.05, 0) is 18.6 Å². The molecular weight excluding hydrogens is 226 g/mol. The molecule has 0 radical (unpaired) electrons. The van der Waals surface area contributed by atoms with Crippen molar-refractivity contribution in [2.45, 2.75) is 12.8 Å². The van der Waals surface area contributed by atoms with Gasteiger partial charge >= 0.3 is 0 Å². The molecule has 1 fully saturated rings. The molecule has 3 N–H and O–H groups in total. The molecule has 4 nitrogen and oxygen atoms in total. The molecule has 1 aromatic rings.